The zero-order chi connectivity index (χ0) is 13.8. The van der Waals surface area contributed by atoms with Crippen LogP contribution in [0.5, 0.6) is 0 Å². The monoisotopic (exact) mass is 293 g/mol. The molecule has 0 radical (unpaired) electrons. The number of nitrogens with zero attached hydrogens (tertiary/aromatic N) is 1. The second-order valence-electron chi connectivity index (χ2n) is 3.65. The molecule has 0 aliphatic carbocycles. The lowest BCUT2D eigenvalue weighted by atomic mass is 10.1. The summed E-state index contributed by atoms with van der Waals surface area (Å²) in [6.07, 6.45) is 0. The molecule has 0 bridgehead atoms. The van der Waals surface area contributed by atoms with E-state index in [0.29, 0.717) is 11.3 Å². The summed E-state index contributed by atoms with van der Waals surface area (Å²) in [6.45, 7) is 0. The Balaban J connectivity index is 2.10. The average molecular weight is 293 g/mol. The van der Waals surface area contributed by atoms with Gasteiger partial charge in [-0.25, -0.2) is 9.18 Å². The molecule has 1 N–H and O–H groups in total. The van der Waals surface area contributed by atoms with Crippen molar-refractivity contribution in [2.24, 2.45) is 0 Å². The first-order valence-electron chi connectivity index (χ1n) is 5.23. The van der Waals surface area contributed by atoms with Gasteiger partial charge in [-0.15, -0.1) is 23.1 Å². The maximum atomic E-state index is 13.0. The van der Waals surface area contributed by atoms with Crippen LogP contribution in [0.2, 0.25) is 0 Å². The first-order chi connectivity index (χ1) is 9.10. The molecule has 0 spiro atoms. The number of hydrogen-bond acceptors (Lipinski definition) is 4. The van der Waals surface area contributed by atoms with Crippen LogP contribution in [-0.2, 0) is 5.75 Å². The van der Waals surface area contributed by atoms with Gasteiger partial charge in [0, 0.05) is 16.0 Å². The Hall–Kier alpha value is -1.84. The summed E-state index contributed by atoms with van der Waals surface area (Å²) in [4.78, 5) is 11.9. The number of carboxylic acids is 1. The summed E-state index contributed by atoms with van der Waals surface area (Å²) < 4.78 is 13.0. The number of thiophene rings is 1. The molecular weight excluding hydrogens is 285 g/mol. The van der Waals surface area contributed by atoms with Crippen molar-refractivity contribution in [1.29, 1.82) is 5.26 Å². The molecule has 19 heavy (non-hydrogen) atoms. The predicted molar refractivity (Wildman–Crippen MR) is 72.0 cm³/mol. The second kappa shape index (κ2) is 5.87. The molecule has 0 aliphatic rings. The number of carboxylic acid groups (broad SMARTS) is 1. The van der Waals surface area contributed by atoms with Crippen LogP contribution < -0.4 is 0 Å². The molecule has 0 unspecified atom stereocenters. The Morgan fingerprint density at radius 2 is 2.26 bits per heavy atom. The lowest BCUT2D eigenvalue weighted by molar-refractivity contribution is 0.0702. The number of thioether (sulfide) groups is 1. The van der Waals surface area contributed by atoms with E-state index in [1.807, 2.05) is 6.07 Å². The van der Waals surface area contributed by atoms with Crippen LogP contribution in [0.15, 0.2) is 34.5 Å². The number of aromatic carboxylic acids is 1. The zero-order valence-corrected chi connectivity index (χ0v) is 11.2. The maximum Gasteiger partial charge on any atom is 0.345 e. The van der Waals surface area contributed by atoms with Gasteiger partial charge in [-0.3, -0.25) is 0 Å². The molecule has 0 aliphatic heterocycles. The second-order valence-corrected chi connectivity index (χ2v) is 5.61. The Morgan fingerprint density at radius 1 is 1.47 bits per heavy atom. The van der Waals surface area contributed by atoms with E-state index < -0.39 is 11.8 Å². The molecule has 0 saturated heterocycles. The topological polar surface area (TPSA) is 61.1 Å². The van der Waals surface area contributed by atoms with Gasteiger partial charge in [-0.1, -0.05) is 6.07 Å². The first-order valence-corrected chi connectivity index (χ1v) is 7.10. The highest BCUT2D eigenvalue weighted by atomic mass is 32.2. The highest BCUT2D eigenvalue weighted by Crippen LogP contribution is 2.28. The number of carbonyl (C=O) groups is 1. The van der Waals surface area contributed by atoms with Crippen molar-refractivity contribution in [3.05, 3.63) is 51.5 Å². The molecule has 6 heteroatoms. The van der Waals surface area contributed by atoms with Gasteiger partial charge in [0.1, 0.15) is 10.7 Å². The van der Waals surface area contributed by atoms with Crippen molar-refractivity contribution >= 4 is 29.1 Å². The van der Waals surface area contributed by atoms with Crippen molar-refractivity contribution < 1.29 is 14.3 Å². The molecule has 3 nitrogen and oxygen atoms in total. The molecule has 0 atom stereocenters. The van der Waals surface area contributed by atoms with Crippen molar-refractivity contribution in [3.63, 3.8) is 0 Å². The van der Waals surface area contributed by atoms with Gasteiger partial charge in [-0.05, 0) is 23.8 Å². The van der Waals surface area contributed by atoms with Gasteiger partial charge >= 0.3 is 5.97 Å². The fraction of sp³-hybridized carbons (Fsp3) is 0.0769. The molecule has 1 aromatic carbocycles. The highest BCUT2D eigenvalue weighted by molar-refractivity contribution is 7.98. The summed E-state index contributed by atoms with van der Waals surface area (Å²) >= 11 is 2.58. The van der Waals surface area contributed by atoms with E-state index in [0.717, 1.165) is 21.8 Å². The van der Waals surface area contributed by atoms with Gasteiger partial charge in [0.25, 0.3) is 0 Å². The SMILES string of the molecule is N#Cc1cc(F)ccc1CSc1csc(C(=O)O)c1. The van der Waals surface area contributed by atoms with Gasteiger partial charge in [0.05, 0.1) is 11.6 Å². The molecule has 1 aromatic heterocycles. The Kier molecular flexibility index (Phi) is 4.20. The van der Waals surface area contributed by atoms with Crippen LogP contribution in [0.25, 0.3) is 0 Å². The van der Waals surface area contributed by atoms with E-state index in [2.05, 4.69) is 0 Å². The normalized spacial score (nSPS) is 10.1. The summed E-state index contributed by atoms with van der Waals surface area (Å²) in [5.41, 5.74) is 1.04. The molecule has 96 valence electrons. The minimum Gasteiger partial charge on any atom is -0.477 e. The summed E-state index contributed by atoms with van der Waals surface area (Å²) in [6, 6.07) is 7.63. The third kappa shape index (κ3) is 3.34. The minimum atomic E-state index is -0.948. The van der Waals surface area contributed by atoms with Gasteiger partial charge in [-0.2, -0.15) is 5.26 Å². The van der Waals surface area contributed by atoms with E-state index >= 15 is 0 Å². The zero-order valence-electron chi connectivity index (χ0n) is 9.59. The Morgan fingerprint density at radius 3 is 2.89 bits per heavy atom. The van der Waals surface area contributed by atoms with E-state index in [9.17, 15) is 9.18 Å². The number of halogens is 1. The smallest absolute Gasteiger partial charge is 0.345 e. The molecule has 1 heterocycles. The Bertz CT molecular complexity index is 661. The van der Waals surface area contributed by atoms with Crippen LogP contribution in [0.3, 0.4) is 0 Å². The van der Waals surface area contributed by atoms with Crippen LogP contribution >= 0.6 is 23.1 Å². The predicted octanol–water partition coefficient (Wildman–Crippen LogP) is 3.75. The molecule has 0 amide bonds. The van der Waals surface area contributed by atoms with Crippen molar-refractivity contribution in [2.75, 3.05) is 0 Å². The fourth-order valence-electron chi connectivity index (χ4n) is 1.45. The van der Waals surface area contributed by atoms with Crippen LogP contribution in [0.4, 0.5) is 4.39 Å². The van der Waals surface area contributed by atoms with Crippen molar-refractivity contribution in [1.82, 2.24) is 0 Å². The standard InChI is InChI=1S/C13H8FNO2S2/c14-10-2-1-8(9(3-10)5-15)6-18-11-4-12(13(16)17)19-7-11/h1-4,7H,6H2,(H,16,17). The largest absolute Gasteiger partial charge is 0.477 e. The van der Waals surface area contributed by atoms with Crippen LogP contribution in [0.1, 0.15) is 20.8 Å². The first kappa shape index (κ1) is 13.6. The molecule has 0 saturated carbocycles. The van der Waals surface area contributed by atoms with Gasteiger partial charge in [0.15, 0.2) is 0 Å². The van der Waals surface area contributed by atoms with E-state index in [-0.39, 0.29) is 4.88 Å². The number of rotatable bonds is 4. The quantitative estimate of drug-likeness (QED) is 0.872. The van der Waals surface area contributed by atoms with E-state index in [1.165, 1.54) is 23.9 Å². The number of nitriles is 1. The van der Waals surface area contributed by atoms with Gasteiger partial charge in [0.2, 0.25) is 0 Å². The van der Waals surface area contributed by atoms with E-state index in [1.54, 1.807) is 17.5 Å². The fourth-order valence-corrected chi connectivity index (χ4v) is 3.32. The highest BCUT2D eigenvalue weighted by Gasteiger charge is 2.09. The lowest BCUT2D eigenvalue weighted by Gasteiger charge is -2.02. The number of benzene rings is 1. The van der Waals surface area contributed by atoms with Crippen molar-refractivity contribution in [2.45, 2.75) is 10.6 Å². The minimum absolute atomic E-state index is 0.280. The van der Waals surface area contributed by atoms with Crippen molar-refractivity contribution in [3.8, 4) is 6.07 Å². The van der Waals surface area contributed by atoms with E-state index in [4.69, 9.17) is 10.4 Å². The molecular formula is C13H8FNO2S2. The van der Waals surface area contributed by atoms with Crippen LogP contribution in [0, 0.1) is 17.1 Å². The molecule has 0 fully saturated rings. The summed E-state index contributed by atoms with van der Waals surface area (Å²) in [7, 11) is 0. The Labute approximate surface area is 117 Å². The lowest BCUT2D eigenvalue weighted by Crippen LogP contribution is -1.90. The maximum absolute atomic E-state index is 13.0. The third-order valence-electron chi connectivity index (χ3n) is 2.37. The van der Waals surface area contributed by atoms with Crippen LogP contribution in [-0.4, -0.2) is 11.1 Å². The third-order valence-corrected chi connectivity index (χ3v) is 4.46. The summed E-state index contributed by atoms with van der Waals surface area (Å²) in [5, 5.41) is 19.5. The average Bonchev–Trinajstić information content (AvgIpc) is 2.86. The van der Waals surface area contributed by atoms with Gasteiger partial charge < -0.3 is 5.11 Å². The molecule has 2 aromatic rings. The number of hydrogen-bond donors (Lipinski definition) is 1. The molecule has 2 rings (SSSR count). The summed E-state index contributed by atoms with van der Waals surface area (Å²) in [5.74, 6) is -0.885.